The Morgan fingerprint density at radius 1 is 1.23 bits per heavy atom. The molecule has 1 saturated heterocycles. The topological polar surface area (TPSA) is 47.4 Å². The van der Waals surface area contributed by atoms with E-state index in [-0.39, 0.29) is 5.56 Å². The molecule has 0 aromatic carbocycles. The number of ether oxygens (including phenoxy) is 1. The van der Waals surface area contributed by atoms with Crippen LogP contribution in [0.3, 0.4) is 0 Å². The van der Waals surface area contributed by atoms with Crippen molar-refractivity contribution in [1.29, 1.82) is 0 Å². The van der Waals surface area contributed by atoms with Crippen LogP contribution in [0.25, 0.3) is 11.0 Å². The number of methoxy groups -OCH3 is 1. The molecule has 0 amide bonds. The number of thiophene rings is 1. The van der Waals surface area contributed by atoms with Crippen molar-refractivity contribution in [1.82, 2.24) is 14.5 Å². The van der Waals surface area contributed by atoms with E-state index < -0.39 is 0 Å². The molecule has 5 nitrogen and oxygen atoms in total. The summed E-state index contributed by atoms with van der Waals surface area (Å²) in [4.78, 5) is 20.9. The van der Waals surface area contributed by atoms with Gasteiger partial charge in [-0.25, -0.2) is 0 Å². The minimum Gasteiger partial charge on any atom is -0.495 e. The van der Waals surface area contributed by atoms with Crippen molar-refractivity contribution in [3.05, 3.63) is 55.0 Å². The van der Waals surface area contributed by atoms with Crippen molar-refractivity contribution in [3.63, 3.8) is 0 Å². The van der Waals surface area contributed by atoms with Crippen molar-refractivity contribution >= 4 is 38.3 Å². The molecule has 7 heteroatoms. The van der Waals surface area contributed by atoms with Crippen molar-refractivity contribution in [2.45, 2.75) is 39.2 Å². The van der Waals surface area contributed by atoms with Gasteiger partial charge in [0.1, 0.15) is 5.75 Å². The number of fused-ring (bicyclic) bond motifs is 1. The number of likely N-dealkylation sites (tertiary alicyclic amines) is 1. The molecule has 4 rings (SSSR count). The molecule has 1 aliphatic rings. The molecule has 0 saturated carbocycles. The summed E-state index contributed by atoms with van der Waals surface area (Å²) >= 11 is 5.51. The van der Waals surface area contributed by atoms with Gasteiger partial charge in [0.25, 0.3) is 5.56 Å². The highest BCUT2D eigenvalue weighted by Gasteiger charge is 2.19. The van der Waals surface area contributed by atoms with Crippen LogP contribution in [-0.4, -0.2) is 41.2 Å². The minimum atomic E-state index is 0.0184. The smallest absolute Gasteiger partial charge is 0.251 e. The zero-order chi connectivity index (χ0) is 21.1. The molecule has 0 radical (unpaired) electrons. The molecule has 1 fully saturated rings. The second kappa shape index (κ2) is 9.62. The molecular weight excluding hydrogens is 462 g/mol. The number of pyridine rings is 2. The van der Waals surface area contributed by atoms with Crippen LogP contribution in [0, 0.1) is 12.8 Å². The van der Waals surface area contributed by atoms with Crippen molar-refractivity contribution < 1.29 is 4.74 Å². The van der Waals surface area contributed by atoms with Crippen LogP contribution < -0.4 is 10.3 Å². The second-order valence-corrected chi connectivity index (χ2v) is 10.6. The number of aryl methyl sites for hydroxylation is 2. The fourth-order valence-corrected chi connectivity index (χ4v) is 5.87. The Morgan fingerprint density at radius 2 is 2.03 bits per heavy atom. The summed E-state index contributed by atoms with van der Waals surface area (Å²) in [5.74, 6) is 1.48. The predicted octanol–water partition coefficient (Wildman–Crippen LogP) is 4.88. The lowest BCUT2D eigenvalue weighted by atomic mass is 9.92. The highest BCUT2D eigenvalue weighted by atomic mass is 79.9. The Bertz CT molecular complexity index is 1050. The van der Waals surface area contributed by atoms with Crippen LogP contribution in [-0.2, 0) is 13.0 Å². The summed E-state index contributed by atoms with van der Waals surface area (Å²) in [6, 6.07) is 7.61. The molecule has 3 aromatic rings. The minimum absolute atomic E-state index is 0.0184. The lowest BCUT2D eigenvalue weighted by molar-refractivity contribution is 0.174. The Balaban J connectivity index is 1.31. The van der Waals surface area contributed by atoms with Crippen molar-refractivity contribution in [3.8, 4) is 5.75 Å². The van der Waals surface area contributed by atoms with Gasteiger partial charge in [-0.1, -0.05) is 0 Å². The van der Waals surface area contributed by atoms with Gasteiger partial charge in [0.05, 0.1) is 28.1 Å². The van der Waals surface area contributed by atoms with Gasteiger partial charge in [-0.2, -0.15) is 0 Å². The summed E-state index contributed by atoms with van der Waals surface area (Å²) in [5.41, 5.74) is 3.03. The van der Waals surface area contributed by atoms with Crippen LogP contribution in [0.4, 0.5) is 0 Å². The molecule has 0 bridgehead atoms. The summed E-state index contributed by atoms with van der Waals surface area (Å²) in [6.45, 7) is 5.95. The van der Waals surface area contributed by atoms with E-state index in [1.807, 2.05) is 22.0 Å². The number of hydrogen-bond donors (Lipinski definition) is 0. The Labute approximate surface area is 189 Å². The molecular formula is C23H28BrN3O2S. The first-order valence-electron chi connectivity index (χ1n) is 10.5. The fraction of sp³-hybridized carbons (Fsp3) is 0.478. The SMILES string of the molecule is COc1cnc2ccc(=O)n(CCN3CCC(CCc4cc(C)c(Br)s4)CC3)c2c1. The van der Waals surface area contributed by atoms with E-state index in [9.17, 15) is 4.79 Å². The molecule has 160 valence electrons. The molecule has 0 atom stereocenters. The Morgan fingerprint density at radius 3 is 2.73 bits per heavy atom. The van der Waals surface area contributed by atoms with Crippen LogP contribution >= 0.6 is 27.3 Å². The third-order valence-corrected chi connectivity index (χ3v) is 8.30. The number of rotatable bonds is 7. The van der Waals surface area contributed by atoms with Crippen LogP contribution in [0.2, 0.25) is 0 Å². The molecule has 3 aromatic heterocycles. The zero-order valence-corrected chi connectivity index (χ0v) is 20.0. The van der Waals surface area contributed by atoms with Crippen LogP contribution in [0.1, 0.15) is 29.7 Å². The lowest BCUT2D eigenvalue weighted by Crippen LogP contribution is -2.37. The summed E-state index contributed by atoms with van der Waals surface area (Å²) < 4.78 is 8.39. The summed E-state index contributed by atoms with van der Waals surface area (Å²) in [7, 11) is 1.62. The Kier molecular flexibility index (Phi) is 6.91. The number of halogens is 1. The van der Waals surface area contributed by atoms with E-state index in [0.29, 0.717) is 12.3 Å². The maximum atomic E-state index is 12.5. The van der Waals surface area contributed by atoms with Gasteiger partial charge in [-0.05, 0) is 85.2 Å². The van der Waals surface area contributed by atoms with Crippen molar-refractivity contribution in [2.24, 2.45) is 5.92 Å². The van der Waals surface area contributed by atoms with Gasteiger partial charge in [0.2, 0.25) is 0 Å². The molecule has 0 spiro atoms. The molecule has 4 heterocycles. The predicted molar refractivity (Wildman–Crippen MR) is 127 cm³/mol. The van der Waals surface area contributed by atoms with E-state index >= 15 is 0 Å². The van der Waals surface area contributed by atoms with Gasteiger partial charge >= 0.3 is 0 Å². The fourth-order valence-electron chi connectivity index (χ4n) is 4.22. The molecule has 0 unspecified atom stereocenters. The summed E-state index contributed by atoms with van der Waals surface area (Å²) in [6.07, 6.45) is 6.63. The van der Waals surface area contributed by atoms with Gasteiger partial charge in [-0.3, -0.25) is 9.78 Å². The van der Waals surface area contributed by atoms with E-state index in [2.05, 4.69) is 38.8 Å². The van der Waals surface area contributed by atoms with Gasteiger partial charge < -0.3 is 14.2 Å². The van der Waals surface area contributed by atoms with Crippen LogP contribution in [0.5, 0.6) is 5.75 Å². The average molecular weight is 490 g/mol. The first kappa shape index (κ1) is 21.5. The first-order chi connectivity index (χ1) is 14.5. The van der Waals surface area contributed by atoms with Crippen LogP contribution in [0.15, 0.2) is 39.0 Å². The molecule has 1 aliphatic heterocycles. The van der Waals surface area contributed by atoms with E-state index in [4.69, 9.17) is 4.74 Å². The molecule has 30 heavy (non-hydrogen) atoms. The highest BCUT2D eigenvalue weighted by molar-refractivity contribution is 9.11. The maximum absolute atomic E-state index is 12.5. The quantitative estimate of drug-likeness (QED) is 0.474. The standard InChI is InChI=1S/C23H28BrN3O2S/c1-16-13-19(30-23(16)24)4-3-17-7-9-26(10-8-17)11-12-27-21-14-18(29-2)15-25-20(21)5-6-22(27)28/h5-6,13-15,17H,3-4,7-12H2,1-2H3. The van der Waals surface area contributed by atoms with Gasteiger partial charge in [0.15, 0.2) is 0 Å². The zero-order valence-electron chi connectivity index (χ0n) is 17.6. The first-order valence-corrected chi connectivity index (χ1v) is 12.1. The van der Waals surface area contributed by atoms with Gasteiger partial charge in [-0.15, -0.1) is 11.3 Å². The van der Waals surface area contributed by atoms with E-state index in [0.717, 1.165) is 36.6 Å². The third-order valence-electron chi connectivity index (χ3n) is 6.10. The van der Waals surface area contributed by atoms with Gasteiger partial charge in [0, 0.05) is 30.1 Å². The number of hydrogen-bond acceptors (Lipinski definition) is 5. The average Bonchev–Trinajstić information content (AvgIpc) is 3.09. The maximum Gasteiger partial charge on any atom is 0.251 e. The normalized spacial score (nSPS) is 15.7. The monoisotopic (exact) mass is 489 g/mol. The number of aromatic nitrogens is 2. The highest BCUT2D eigenvalue weighted by Crippen LogP contribution is 2.30. The second-order valence-electron chi connectivity index (χ2n) is 8.10. The lowest BCUT2D eigenvalue weighted by Gasteiger charge is -2.32. The Hall–Kier alpha value is -1.70. The molecule has 0 aliphatic carbocycles. The third kappa shape index (κ3) is 4.95. The van der Waals surface area contributed by atoms with Crippen molar-refractivity contribution in [2.75, 3.05) is 26.7 Å². The largest absolute Gasteiger partial charge is 0.495 e. The van der Waals surface area contributed by atoms with E-state index in [1.165, 1.54) is 39.9 Å². The summed E-state index contributed by atoms with van der Waals surface area (Å²) in [5, 5.41) is 0. The number of piperidine rings is 1. The number of nitrogens with zero attached hydrogens (tertiary/aromatic N) is 3. The van der Waals surface area contributed by atoms with E-state index in [1.54, 1.807) is 25.4 Å². The molecule has 0 N–H and O–H groups in total.